The van der Waals surface area contributed by atoms with Crippen LogP contribution in [0.15, 0.2) is 29.5 Å². The summed E-state index contributed by atoms with van der Waals surface area (Å²) < 4.78 is 3.31. The summed E-state index contributed by atoms with van der Waals surface area (Å²) in [6.07, 6.45) is 7.98. The average molecular weight is 410 g/mol. The van der Waals surface area contributed by atoms with Gasteiger partial charge in [0.1, 0.15) is 0 Å². The largest absolute Gasteiger partial charge is 0.343 e. The third kappa shape index (κ3) is 4.05. The Labute approximate surface area is 173 Å². The number of H-pyrrole nitrogens is 1. The number of fused-ring (bicyclic) bond motifs is 1. The molecule has 0 aliphatic carbocycles. The summed E-state index contributed by atoms with van der Waals surface area (Å²) in [5, 5.41) is 8.75. The lowest BCUT2D eigenvalue weighted by Gasteiger charge is -2.31. The molecule has 1 saturated heterocycles. The van der Waals surface area contributed by atoms with Crippen LogP contribution in [-0.4, -0.2) is 54.2 Å². The number of hydrogen-bond donors (Lipinski definition) is 1. The minimum Gasteiger partial charge on any atom is -0.343 e. The summed E-state index contributed by atoms with van der Waals surface area (Å²) in [4.78, 5) is 42.0. The van der Waals surface area contributed by atoms with Gasteiger partial charge in [-0.25, -0.2) is 0 Å². The number of nitrogens with zero attached hydrogens (tertiary/aromatic N) is 5. The van der Waals surface area contributed by atoms with E-state index in [9.17, 15) is 14.4 Å². The number of piperidine rings is 1. The van der Waals surface area contributed by atoms with Crippen LogP contribution in [0.3, 0.4) is 0 Å². The van der Waals surface area contributed by atoms with Crippen LogP contribution >= 0.6 is 0 Å². The van der Waals surface area contributed by atoms with Crippen molar-refractivity contribution in [2.45, 2.75) is 32.1 Å². The molecule has 0 atom stereocenters. The summed E-state index contributed by atoms with van der Waals surface area (Å²) >= 11 is 0. The molecule has 3 aromatic heterocycles. The number of aromatic nitrogens is 5. The number of rotatable bonds is 6. The Hall–Kier alpha value is -3.23. The monoisotopic (exact) mass is 410 g/mol. The fourth-order valence-corrected chi connectivity index (χ4v) is 4.11. The first kappa shape index (κ1) is 20.1. The van der Waals surface area contributed by atoms with Gasteiger partial charge in [-0.05, 0) is 31.7 Å². The number of carbonyl (C=O) groups excluding carboxylic acids is 2. The van der Waals surface area contributed by atoms with E-state index in [1.807, 2.05) is 11.0 Å². The number of ketones is 1. The van der Waals surface area contributed by atoms with Crippen molar-refractivity contribution >= 4 is 22.6 Å². The van der Waals surface area contributed by atoms with E-state index < -0.39 is 0 Å². The number of carbonyl (C=O) groups is 2. The molecule has 0 saturated carbocycles. The van der Waals surface area contributed by atoms with Gasteiger partial charge in [-0.3, -0.25) is 23.7 Å². The predicted octanol–water partition coefficient (Wildman–Crippen LogP) is 1.44. The minimum absolute atomic E-state index is 0.0473. The van der Waals surface area contributed by atoms with Crippen molar-refractivity contribution in [1.29, 1.82) is 0 Å². The third-order valence-electron chi connectivity index (χ3n) is 5.86. The number of pyridine rings is 1. The molecule has 3 aromatic rings. The summed E-state index contributed by atoms with van der Waals surface area (Å²) in [6.45, 7) is 1.21. The van der Waals surface area contributed by atoms with Crippen molar-refractivity contribution in [2.75, 3.05) is 13.1 Å². The van der Waals surface area contributed by atoms with Crippen molar-refractivity contribution < 1.29 is 9.59 Å². The van der Waals surface area contributed by atoms with Crippen molar-refractivity contribution in [1.82, 2.24) is 29.4 Å². The van der Waals surface area contributed by atoms with Crippen molar-refractivity contribution in [3.8, 4) is 0 Å². The van der Waals surface area contributed by atoms with Gasteiger partial charge in [-0.2, -0.15) is 10.2 Å². The summed E-state index contributed by atoms with van der Waals surface area (Å²) in [7, 11) is 3.60. The van der Waals surface area contributed by atoms with E-state index in [1.54, 1.807) is 42.0 Å². The molecule has 0 radical (unpaired) electrons. The molecule has 1 aliphatic rings. The zero-order chi connectivity index (χ0) is 21.3. The first-order chi connectivity index (χ1) is 14.4. The van der Waals surface area contributed by atoms with E-state index in [1.165, 1.54) is 0 Å². The molecule has 9 nitrogen and oxygen atoms in total. The Bertz CT molecular complexity index is 1130. The van der Waals surface area contributed by atoms with E-state index >= 15 is 0 Å². The average Bonchev–Trinajstić information content (AvgIpc) is 3.34. The highest BCUT2D eigenvalue weighted by molar-refractivity contribution is 5.97. The van der Waals surface area contributed by atoms with Crippen LogP contribution in [0.4, 0.5) is 0 Å². The lowest BCUT2D eigenvalue weighted by atomic mass is 9.90. The Kier molecular flexibility index (Phi) is 5.52. The number of amides is 1. The standard InChI is InChI=1S/C21H26N6O3/c1-25-13-15(11-22-25)20(29)14-6-8-27(9-7-14)19(28)5-3-4-16-10-18-17(21(30)24-16)12-23-26(18)2/h10-14H,3-9H2,1-2H3,(H,24,30). The van der Waals surface area contributed by atoms with Crippen LogP contribution in [0, 0.1) is 5.92 Å². The number of aromatic amines is 1. The van der Waals surface area contributed by atoms with E-state index in [-0.39, 0.29) is 23.2 Å². The fraction of sp³-hybridized carbons (Fsp3) is 0.476. The molecule has 9 heteroatoms. The maximum absolute atomic E-state index is 12.6. The molecule has 0 bridgehead atoms. The van der Waals surface area contributed by atoms with Gasteiger partial charge in [0.25, 0.3) is 5.56 Å². The van der Waals surface area contributed by atoms with E-state index in [2.05, 4.69) is 15.2 Å². The second kappa shape index (κ2) is 8.25. The zero-order valence-electron chi connectivity index (χ0n) is 17.3. The van der Waals surface area contributed by atoms with Crippen LogP contribution in [0.1, 0.15) is 41.7 Å². The van der Waals surface area contributed by atoms with Crippen LogP contribution < -0.4 is 5.56 Å². The van der Waals surface area contributed by atoms with Gasteiger partial charge >= 0.3 is 0 Å². The summed E-state index contributed by atoms with van der Waals surface area (Å²) in [6, 6.07) is 1.92. The highest BCUT2D eigenvalue weighted by Gasteiger charge is 2.28. The molecular weight excluding hydrogens is 384 g/mol. The van der Waals surface area contributed by atoms with Crippen molar-refractivity contribution in [3.05, 3.63) is 46.3 Å². The number of nitrogens with one attached hydrogen (secondary N) is 1. The molecule has 1 fully saturated rings. The summed E-state index contributed by atoms with van der Waals surface area (Å²) in [5.41, 5.74) is 2.09. The van der Waals surface area contributed by atoms with Gasteiger partial charge in [0.15, 0.2) is 5.78 Å². The van der Waals surface area contributed by atoms with E-state index in [4.69, 9.17) is 0 Å². The maximum Gasteiger partial charge on any atom is 0.259 e. The van der Waals surface area contributed by atoms with Gasteiger partial charge < -0.3 is 9.88 Å². The second-order valence-corrected chi connectivity index (χ2v) is 7.97. The SMILES string of the molecule is Cn1cc(C(=O)C2CCN(C(=O)CCCc3cc4c(cnn4C)c(=O)[nH]3)CC2)cn1. The molecule has 0 aromatic carbocycles. The Morgan fingerprint density at radius 2 is 1.93 bits per heavy atom. The number of likely N-dealkylation sites (tertiary alicyclic amines) is 1. The molecule has 4 rings (SSSR count). The minimum atomic E-state index is -0.151. The smallest absolute Gasteiger partial charge is 0.259 e. The van der Waals surface area contributed by atoms with Crippen molar-refractivity contribution in [3.63, 3.8) is 0 Å². The zero-order valence-corrected chi connectivity index (χ0v) is 17.3. The Morgan fingerprint density at radius 3 is 2.63 bits per heavy atom. The van der Waals surface area contributed by atoms with Gasteiger partial charge in [0.05, 0.1) is 28.9 Å². The van der Waals surface area contributed by atoms with Gasteiger partial charge in [-0.1, -0.05) is 0 Å². The van der Waals surface area contributed by atoms with Crippen LogP contribution in [0.2, 0.25) is 0 Å². The van der Waals surface area contributed by atoms with Gasteiger partial charge in [0.2, 0.25) is 5.91 Å². The second-order valence-electron chi connectivity index (χ2n) is 7.97. The third-order valence-corrected chi connectivity index (χ3v) is 5.86. The van der Waals surface area contributed by atoms with Gasteiger partial charge in [0, 0.05) is 51.4 Å². The number of Topliss-reactive ketones (excluding diaryl/α,β-unsaturated/α-hetero) is 1. The lowest BCUT2D eigenvalue weighted by molar-refractivity contribution is -0.132. The van der Waals surface area contributed by atoms with Crippen LogP contribution in [-0.2, 0) is 25.3 Å². The molecule has 1 N–H and O–H groups in total. The van der Waals surface area contributed by atoms with E-state index in [0.717, 1.165) is 11.2 Å². The predicted molar refractivity (Wildman–Crippen MR) is 111 cm³/mol. The topological polar surface area (TPSA) is 106 Å². The Balaban J connectivity index is 1.27. The number of aryl methyl sites for hydroxylation is 3. The summed E-state index contributed by atoms with van der Waals surface area (Å²) in [5.74, 6) is 0.171. The maximum atomic E-state index is 12.6. The first-order valence-corrected chi connectivity index (χ1v) is 10.3. The highest BCUT2D eigenvalue weighted by Crippen LogP contribution is 2.22. The molecule has 1 amide bonds. The fourth-order valence-electron chi connectivity index (χ4n) is 4.11. The molecule has 0 unspecified atom stereocenters. The molecule has 1 aliphatic heterocycles. The highest BCUT2D eigenvalue weighted by atomic mass is 16.2. The molecule has 158 valence electrons. The number of hydrogen-bond acceptors (Lipinski definition) is 5. The van der Waals surface area contributed by atoms with Crippen LogP contribution in [0.25, 0.3) is 10.9 Å². The van der Waals surface area contributed by atoms with Crippen LogP contribution in [0.5, 0.6) is 0 Å². The lowest BCUT2D eigenvalue weighted by Crippen LogP contribution is -2.40. The molecule has 4 heterocycles. The molecular formula is C21H26N6O3. The molecule has 0 spiro atoms. The van der Waals surface area contributed by atoms with E-state index in [0.29, 0.717) is 56.1 Å². The quantitative estimate of drug-likeness (QED) is 0.619. The van der Waals surface area contributed by atoms with Gasteiger partial charge in [-0.15, -0.1) is 0 Å². The Morgan fingerprint density at radius 1 is 1.17 bits per heavy atom. The first-order valence-electron chi connectivity index (χ1n) is 10.3. The molecule has 30 heavy (non-hydrogen) atoms. The van der Waals surface area contributed by atoms with Crippen molar-refractivity contribution in [2.24, 2.45) is 20.0 Å². The normalized spacial score (nSPS) is 15.1.